The van der Waals surface area contributed by atoms with E-state index in [1.165, 1.54) is 6.07 Å². The number of rotatable bonds is 4. The highest BCUT2D eigenvalue weighted by atomic mass is 19.4. The quantitative estimate of drug-likeness (QED) is 0.385. The van der Waals surface area contributed by atoms with E-state index in [0.717, 1.165) is 23.1 Å². The fourth-order valence-electron chi connectivity index (χ4n) is 3.07. The molecule has 5 nitrogen and oxygen atoms in total. The Hall–Kier alpha value is -3.50. The van der Waals surface area contributed by atoms with Gasteiger partial charge in [0.05, 0.1) is 17.0 Å². The minimum atomic E-state index is -4.92. The number of hydrogen-bond donors (Lipinski definition) is 2. The molecule has 4 aromatic rings. The van der Waals surface area contributed by atoms with Crippen LogP contribution >= 0.6 is 0 Å². The Balaban J connectivity index is 1.72. The van der Waals surface area contributed by atoms with Crippen molar-refractivity contribution in [3.63, 3.8) is 0 Å². The lowest BCUT2D eigenvalue weighted by Crippen LogP contribution is -2.31. The van der Waals surface area contributed by atoms with Crippen molar-refractivity contribution in [1.29, 1.82) is 0 Å². The molecule has 2 N–H and O–H groups in total. The number of alkyl halides is 6. The van der Waals surface area contributed by atoms with E-state index >= 15 is 0 Å². The fourth-order valence-corrected chi connectivity index (χ4v) is 3.07. The van der Waals surface area contributed by atoms with Gasteiger partial charge in [0.2, 0.25) is 0 Å². The molecule has 0 aliphatic rings. The highest BCUT2D eigenvalue weighted by Crippen LogP contribution is 2.40. The van der Waals surface area contributed by atoms with Gasteiger partial charge in [-0.2, -0.15) is 31.4 Å². The van der Waals surface area contributed by atoms with Gasteiger partial charge in [0.25, 0.3) is 0 Å². The first-order valence-corrected chi connectivity index (χ1v) is 8.97. The number of aromatic nitrogens is 4. The number of nitrogens with zero attached hydrogens (tertiary/aromatic N) is 2. The van der Waals surface area contributed by atoms with Crippen molar-refractivity contribution in [3.8, 4) is 28.3 Å². The Bertz CT molecular complexity index is 1220. The van der Waals surface area contributed by atoms with Gasteiger partial charge < -0.3 is 9.72 Å². The molecule has 31 heavy (non-hydrogen) atoms. The molecule has 162 valence electrons. The summed E-state index contributed by atoms with van der Waals surface area (Å²) in [4.78, 5) is 7.13. The first kappa shape index (κ1) is 20.8. The summed E-state index contributed by atoms with van der Waals surface area (Å²) < 4.78 is 83.3. The number of pyridine rings is 1. The van der Waals surface area contributed by atoms with E-state index in [1.54, 1.807) is 30.6 Å². The van der Waals surface area contributed by atoms with Gasteiger partial charge in [0, 0.05) is 28.9 Å². The van der Waals surface area contributed by atoms with E-state index in [0.29, 0.717) is 18.3 Å². The fraction of sp³-hybridized carbons (Fsp3) is 0.200. The Morgan fingerprint density at radius 1 is 1.00 bits per heavy atom. The lowest BCUT2D eigenvalue weighted by atomic mass is 10.0. The lowest BCUT2D eigenvalue weighted by Gasteiger charge is -2.21. The number of aromatic amines is 2. The van der Waals surface area contributed by atoms with Crippen LogP contribution in [0.15, 0.2) is 48.8 Å². The molecule has 0 aliphatic heterocycles. The van der Waals surface area contributed by atoms with Gasteiger partial charge in [0.1, 0.15) is 11.4 Å². The number of halogens is 6. The van der Waals surface area contributed by atoms with Crippen molar-refractivity contribution in [2.45, 2.75) is 25.4 Å². The van der Waals surface area contributed by atoms with E-state index in [1.807, 2.05) is 0 Å². The molecule has 4 rings (SSSR count). The van der Waals surface area contributed by atoms with Crippen LogP contribution in [0.4, 0.5) is 26.3 Å². The van der Waals surface area contributed by atoms with Crippen molar-refractivity contribution in [2.24, 2.45) is 0 Å². The summed E-state index contributed by atoms with van der Waals surface area (Å²) in [7, 11) is 0. The molecule has 0 spiro atoms. The summed E-state index contributed by atoms with van der Waals surface area (Å²) in [6.07, 6.45) is -8.84. The summed E-state index contributed by atoms with van der Waals surface area (Å²) in [5.41, 5.74) is 0.857. The highest BCUT2D eigenvalue weighted by molar-refractivity contribution is 5.92. The maximum Gasteiger partial charge on any atom is 0.425 e. The predicted molar refractivity (Wildman–Crippen MR) is 100 cm³/mol. The predicted octanol–water partition coefficient (Wildman–Crippen LogP) is 5.97. The van der Waals surface area contributed by atoms with Gasteiger partial charge in [-0.05, 0) is 43.3 Å². The lowest BCUT2D eigenvalue weighted by molar-refractivity contribution is -0.191. The average molecular weight is 440 g/mol. The number of nitrogens with one attached hydrogen (secondary N) is 2. The maximum atomic E-state index is 13.5. The Labute approximate surface area is 171 Å². The summed E-state index contributed by atoms with van der Waals surface area (Å²) in [5, 5.41) is 7.63. The van der Waals surface area contributed by atoms with Gasteiger partial charge in [-0.25, -0.2) is 4.98 Å². The first-order valence-electron chi connectivity index (χ1n) is 8.97. The molecule has 0 fully saturated rings. The second-order valence-electron chi connectivity index (χ2n) is 6.78. The second-order valence-corrected chi connectivity index (χ2v) is 6.78. The molecule has 0 bridgehead atoms. The zero-order valence-corrected chi connectivity index (χ0v) is 15.8. The van der Waals surface area contributed by atoms with Crippen LogP contribution in [-0.4, -0.2) is 32.4 Å². The van der Waals surface area contributed by atoms with Crippen LogP contribution in [0.3, 0.4) is 0 Å². The van der Waals surface area contributed by atoms with E-state index in [9.17, 15) is 26.3 Å². The van der Waals surface area contributed by atoms with Crippen LogP contribution in [-0.2, 0) is 6.18 Å². The first-order chi connectivity index (χ1) is 14.5. The third kappa shape index (κ3) is 4.07. The van der Waals surface area contributed by atoms with Crippen molar-refractivity contribution < 1.29 is 31.1 Å². The Morgan fingerprint density at radius 3 is 2.48 bits per heavy atom. The largest absolute Gasteiger partial charge is 0.481 e. The van der Waals surface area contributed by atoms with E-state index < -0.39 is 29.8 Å². The third-order valence-corrected chi connectivity index (χ3v) is 4.67. The molecule has 3 aromatic heterocycles. The zero-order valence-electron chi connectivity index (χ0n) is 15.8. The summed E-state index contributed by atoms with van der Waals surface area (Å²) in [6, 6.07) is 7.89. The molecular weight excluding hydrogens is 426 g/mol. The monoisotopic (exact) mass is 440 g/mol. The number of benzene rings is 1. The van der Waals surface area contributed by atoms with Gasteiger partial charge in [-0.3, -0.25) is 5.10 Å². The van der Waals surface area contributed by atoms with Gasteiger partial charge in [-0.1, -0.05) is 0 Å². The summed E-state index contributed by atoms with van der Waals surface area (Å²) in [5.74, 6) is -0.903. The normalized spacial score (nSPS) is 13.5. The molecule has 0 aliphatic carbocycles. The molecule has 0 saturated heterocycles. The second kappa shape index (κ2) is 7.33. The zero-order chi connectivity index (χ0) is 22.4. The van der Waals surface area contributed by atoms with Gasteiger partial charge in [0.15, 0.2) is 6.10 Å². The summed E-state index contributed by atoms with van der Waals surface area (Å²) in [6.45, 7) is 0.643. The van der Waals surface area contributed by atoms with Crippen LogP contribution in [0.5, 0.6) is 5.75 Å². The standard InChI is InChI=1S/C20H14F6N4O/c1-10(19(21,22)23)31-17-3-2-11(8-14(17)20(24,25)26)15-9-16(30-29-15)12-4-6-27-18-13(12)5-7-28-18/h2-10H,1H3,(H,27,28)(H,29,30). The van der Waals surface area contributed by atoms with Gasteiger partial charge >= 0.3 is 12.4 Å². The number of ether oxygens (including phenoxy) is 1. The van der Waals surface area contributed by atoms with E-state index in [4.69, 9.17) is 0 Å². The molecule has 0 amide bonds. The number of hydrogen-bond acceptors (Lipinski definition) is 3. The molecule has 3 heterocycles. The van der Waals surface area contributed by atoms with Crippen LogP contribution in [0, 0.1) is 0 Å². The number of fused-ring (bicyclic) bond motifs is 1. The third-order valence-electron chi connectivity index (χ3n) is 4.67. The van der Waals surface area contributed by atoms with Crippen LogP contribution in [0.2, 0.25) is 0 Å². The SMILES string of the molecule is CC(Oc1ccc(-c2cc(-c3ccnc4[nH]ccc34)[nH]n2)cc1C(F)(F)F)C(F)(F)F. The van der Waals surface area contributed by atoms with Gasteiger partial charge in [-0.15, -0.1) is 0 Å². The average Bonchev–Trinajstić information content (AvgIpc) is 3.36. The highest BCUT2D eigenvalue weighted by Gasteiger charge is 2.41. The van der Waals surface area contributed by atoms with E-state index in [2.05, 4.69) is 24.9 Å². The van der Waals surface area contributed by atoms with Crippen molar-refractivity contribution in [2.75, 3.05) is 0 Å². The molecule has 1 unspecified atom stereocenters. The molecule has 11 heteroatoms. The minimum Gasteiger partial charge on any atom is -0.481 e. The number of H-pyrrole nitrogens is 2. The van der Waals surface area contributed by atoms with Crippen molar-refractivity contribution >= 4 is 11.0 Å². The Morgan fingerprint density at radius 2 is 1.77 bits per heavy atom. The van der Waals surface area contributed by atoms with Crippen LogP contribution in [0.25, 0.3) is 33.5 Å². The molecular formula is C20H14F6N4O. The molecule has 1 atom stereocenters. The van der Waals surface area contributed by atoms with Crippen molar-refractivity contribution in [3.05, 3.63) is 54.4 Å². The molecule has 0 saturated carbocycles. The minimum absolute atomic E-state index is 0.0706. The van der Waals surface area contributed by atoms with E-state index in [-0.39, 0.29) is 11.3 Å². The molecule has 1 aromatic carbocycles. The van der Waals surface area contributed by atoms with Crippen LogP contribution in [0.1, 0.15) is 12.5 Å². The topological polar surface area (TPSA) is 66.6 Å². The smallest absolute Gasteiger partial charge is 0.425 e. The van der Waals surface area contributed by atoms with Crippen LogP contribution < -0.4 is 4.74 Å². The maximum absolute atomic E-state index is 13.5. The Kier molecular flexibility index (Phi) is 4.91. The molecule has 0 radical (unpaired) electrons. The summed E-state index contributed by atoms with van der Waals surface area (Å²) >= 11 is 0. The van der Waals surface area contributed by atoms with Crippen molar-refractivity contribution in [1.82, 2.24) is 20.2 Å².